The molecular weight excluding hydrogens is 322 g/mol. The van der Waals surface area contributed by atoms with E-state index in [9.17, 15) is 9.59 Å². The van der Waals surface area contributed by atoms with Crippen molar-refractivity contribution in [2.75, 3.05) is 27.3 Å². The lowest BCUT2D eigenvalue weighted by atomic mass is 10.1. The molecule has 3 rings (SSSR count). The van der Waals surface area contributed by atoms with Gasteiger partial charge in [0.15, 0.2) is 11.5 Å². The van der Waals surface area contributed by atoms with E-state index >= 15 is 0 Å². The first kappa shape index (κ1) is 17.5. The Bertz CT molecular complexity index is 645. The van der Waals surface area contributed by atoms with Gasteiger partial charge in [-0.3, -0.25) is 14.5 Å². The highest BCUT2D eigenvalue weighted by Gasteiger charge is 2.33. The maximum absolute atomic E-state index is 12.3. The SMILES string of the molecule is COc1ccc(CN2CCNC(=O)C2CC(=O)NC2CC2)cc1OC. The van der Waals surface area contributed by atoms with E-state index in [1.807, 2.05) is 23.1 Å². The van der Waals surface area contributed by atoms with Crippen molar-refractivity contribution >= 4 is 11.8 Å². The molecule has 2 aliphatic rings. The fraction of sp³-hybridized carbons (Fsp3) is 0.556. The fourth-order valence-electron chi connectivity index (χ4n) is 3.08. The van der Waals surface area contributed by atoms with E-state index in [4.69, 9.17) is 9.47 Å². The summed E-state index contributed by atoms with van der Waals surface area (Å²) in [5.74, 6) is 1.19. The number of rotatable bonds is 7. The van der Waals surface area contributed by atoms with Crippen LogP contribution in [0.4, 0.5) is 0 Å². The molecule has 0 bridgehead atoms. The minimum Gasteiger partial charge on any atom is -0.493 e. The van der Waals surface area contributed by atoms with Crippen LogP contribution in [0.2, 0.25) is 0 Å². The number of carbonyl (C=O) groups is 2. The van der Waals surface area contributed by atoms with Crippen LogP contribution in [0.25, 0.3) is 0 Å². The van der Waals surface area contributed by atoms with Crippen LogP contribution in [0, 0.1) is 0 Å². The number of methoxy groups -OCH3 is 2. The van der Waals surface area contributed by atoms with E-state index < -0.39 is 6.04 Å². The third-order valence-corrected chi connectivity index (χ3v) is 4.60. The normalized spacial score (nSPS) is 20.7. The molecule has 1 unspecified atom stereocenters. The van der Waals surface area contributed by atoms with Crippen LogP contribution in [-0.2, 0) is 16.1 Å². The molecule has 1 aromatic carbocycles. The van der Waals surface area contributed by atoms with E-state index in [0.717, 1.165) is 18.4 Å². The van der Waals surface area contributed by atoms with Crippen LogP contribution in [0.3, 0.4) is 0 Å². The van der Waals surface area contributed by atoms with Crippen molar-refractivity contribution < 1.29 is 19.1 Å². The summed E-state index contributed by atoms with van der Waals surface area (Å²) in [7, 11) is 3.20. The molecule has 1 heterocycles. The van der Waals surface area contributed by atoms with Gasteiger partial charge in [-0.25, -0.2) is 0 Å². The van der Waals surface area contributed by atoms with Crippen molar-refractivity contribution in [3.8, 4) is 11.5 Å². The second-order valence-corrected chi connectivity index (χ2v) is 6.51. The van der Waals surface area contributed by atoms with E-state index in [1.54, 1.807) is 14.2 Å². The fourth-order valence-corrected chi connectivity index (χ4v) is 3.08. The Labute approximate surface area is 147 Å². The van der Waals surface area contributed by atoms with Crippen LogP contribution in [0.1, 0.15) is 24.8 Å². The van der Waals surface area contributed by atoms with Crippen LogP contribution in [-0.4, -0.2) is 56.1 Å². The standard InChI is InChI=1S/C18H25N3O4/c1-24-15-6-3-12(9-16(15)25-2)11-21-8-7-19-18(23)14(21)10-17(22)20-13-4-5-13/h3,6,9,13-14H,4-5,7-8,10-11H2,1-2H3,(H,19,23)(H,20,22). The molecule has 1 aromatic rings. The number of carbonyl (C=O) groups excluding carboxylic acids is 2. The predicted molar refractivity (Wildman–Crippen MR) is 92.5 cm³/mol. The number of hydrogen-bond donors (Lipinski definition) is 2. The zero-order chi connectivity index (χ0) is 17.8. The first-order valence-corrected chi connectivity index (χ1v) is 8.62. The Balaban J connectivity index is 1.69. The molecule has 7 heteroatoms. The van der Waals surface area contributed by atoms with Crippen LogP contribution in [0.15, 0.2) is 18.2 Å². The van der Waals surface area contributed by atoms with Gasteiger partial charge < -0.3 is 20.1 Å². The highest BCUT2D eigenvalue weighted by Crippen LogP contribution is 2.28. The minimum atomic E-state index is -0.444. The van der Waals surface area contributed by atoms with Crippen molar-refractivity contribution in [1.82, 2.24) is 15.5 Å². The molecule has 1 saturated heterocycles. The number of benzene rings is 1. The van der Waals surface area contributed by atoms with Crippen molar-refractivity contribution in [2.45, 2.75) is 37.9 Å². The molecule has 25 heavy (non-hydrogen) atoms. The van der Waals surface area contributed by atoms with Gasteiger partial charge in [-0.05, 0) is 30.5 Å². The van der Waals surface area contributed by atoms with Gasteiger partial charge in [0.25, 0.3) is 0 Å². The molecule has 1 aliphatic heterocycles. The highest BCUT2D eigenvalue weighted by molar-refractivity contribution is 5.89. The third kappa shape index (κ3) is 4.42. The van der Waals surface area contributed by atoms with Gasteiger partial charge >= 0.3 is 0 Å². The van der Waals surface area contributed by atoms with E-state index in [1.165, 1.54) is 0 Å². The Kier molecular flexibility index (Phi) is 5.43. The Morgan fingerprint density at radius 2 is 2.04 bits per heavy atom. The van der Waals surface area contributed by atoms with Gasteiger partial charge in [0, 0.05) is 25.7 Å². The zero-order valence-electron chi connectivity index (χ0n) is 14.7. The van der Waals surface area contributed by atoms with Gasteiger partial charge in [0.2, 0.25) is 11.8 Å². The molecule has 136 valence electrons. The zero-order valence-corrected chi connectivity index (χ0v) is 14.7. The summed E-state index contributed by atoms with van der Waals surface area (Å²) in [5, 5.41) is 5.81. The molecule has 2 amide bonds. The largest absolute Gasteiger partial charge is 0.493 e. The van der Waals surface area contributed by atoms with Gasteiger partial charge in [-0.1, -0.05) is 6.07 Å². The van der Waals surface area contributed by atoms with Crippen LogP contribution >= 0.6 is 0 Å². The maximum Gasteiger partial charge on any atom is 0.237 e. The van der Waals surface area contributed by atoms with Gasteiger partial charge in [-0.15, -0.1) is 0 Å². The average Bonchev–Trinajstić information content (AvgIpc) is 3.41. The van der Waals surface area contributed by atoms with Crippen molar-refractivity contribution in [3.63, 3.8) is 0 Å². The van der Waals surface area contributed by atoms with Crippen molar-refractivity contribution in [1.29, 1.82) is 0 Å². The van der Waals surface area contributed by atoms with Crippen molar-refractivity contribution in [3.05, 3.63) is 23.8 Å². The lowest BCUT2D eigenvalue weighted by Crippen LogP contribution is -2.56. The Hall–Kier alpha value is -2.28. The molecule has 0 radical (unpaired) electrons. The third-order valence-electron chi connectivity index (χ3n) is 4.60. The summed E-state index contributed by atoms with van der Waals surface area (Å²) in [6.45, 7) is 1.88. The van der Waals surface area contributed by atoms with Gasteiger partial charge in [0.1, 0.15) is 0 Å². The molecule has 0 aromatic heterocycles. The second kappa shape index (κ2) is 7.74. The average molecular weight is 347 g/mol. The smallest absolute Gasteiger partial charge is 0.237 e. The first-order valence-electron chi connectivity index (χ1n) is 8.62. The molecular formula is C18H25N3O4. The number of hydrogen-bond acceptors (Lipinski definition) is 5. The highest BCUT2D eigenvalue weighted by atomic mass is 16.5. The molecule has 1 atom stereocenters. The van der Waals surface area contributed by atoms with Crippen molar-refractivity contribution in [2.24, 2.45) is 0 Å². The summed E-state index contributed by atoms with van der Waals surface area (Å²) < 4.78 is 10.6. The van der Waals surface area contributed by atoms with E-state index in [-0.39, 0.29) is 18.2 Å². The Morgan fingerprint density at radius 3 is 2.72 bits per heavy atom. The second-order valence-electron chi connectivity index (χ2n) is 6.51. The summed E-state index contributed by atoms with van der Waals surface area (Å²) in [6.07, 6.45) is 2.27. The number of amides is 2. The molecule has 2 N–H and O–H groups in total. The van der Waals surface area contributed by atoms with Gasteiger partial charge in [-0.2, -0.15) is 0 Å². The lowest BCUT2D eigenvalue weighted by Gasteiger charge is -2.34. The number of ether oxygens (including phenoxy) is 2. The Morgan fingerprint density at radius 1 is 1.28 bits per heavy atom. The number of nitrogens with one attached hydrogen (secondary N) is 2. The molecule has 7 nitrogen and oxygen atoms in total. The summed E-state index contributed by atoms with van der Waals surface area (Å²) in [6, 6.07) is 5.58. The molecule has 2 fully saturated rings. The number of piperazine rings is 1. The topological polar surface area (TPSA) is 79.9 Å². The predicted octanol–water partition coefficient (Wildman–Crippen LogP) is 0.673. The molecule has 1 aliphatic carbocycles. The summed E-state index contributed by atoms with van der Waals surface area (Å²) in [4.78, 5) is 26.5. The monoisotopic (exact) mass is 347 g/mol. The molecule has 0 spiro atoms. The quantitative estimate of drug-likeness (QED) is 0.758. The summed E-state index contributed by atoms with van der Waals surface area (Å²) in [5.41, 5.74) is 1.01. The molecule has 1 saturated carbocycles. The number of nitrogens with zero attached hydrogens (tertiary/aromatic N) is 1. The van der Waals surface area contributed by atoms with E-state index in [2.05, 4.69) is 10.6 Å². The minimum absolute atomic E-state index is 0.0538. The van der Waals surface area contributed by atoms with Crippen LogP contribution < -0.4 is 20.1 Å². The maximum atomic E-state index is 12.3. The van der Waals surface area contributed by atoms with Crippen LogP contribution in [0.5, 0.6) is 11.5 Å². The van der Waals surface area contributed by atoms with Gasteiger partial charge in [0.05, 0.1) is 26.7 Å². The first-order chi connectivity index (χ1) is 12.1. The summed E-state index contributed by atoms with van der Waals surface area (Å²) >= 11 is 0. The van der Waals surface area contributed by atoms with E-state index in [0.29, 0.717) is 37.2 Å². The lowest BCUT2D eigenvalue weighted by molar-refractivity contribution is -0.134.